The van der Waals surface area contributed by atoms with Gasteiger partial charge in [-0.15, -0.1) is 0 Å². The van der Waals surface area contributed by atoms with Crippen molar-refractivity contribution in [2.24, 2.45) is 10.9 Å². The van der Waals surface area contributed by atoms with E-state index in [-0.39, 0.29) is 11.8 Å². The highest BCUT2D eigenvalue weighted by atomic mass is 32.2. The van der Waals surface area contributed by atoms with Gasteiger partial charge in [0.25, 0.3) is 5.91 Å². The maximum Gasteiger partial charge on any atom is 0.251 e. The summed E-state index contributed by atoms with van der Waals surface area (Å²) >= 11 is 1.52. The van der Waals surface area contributed by atoms with Crippen LogP contribution in [0.15, 0.2) is 46.3 Å². The smallest absolute Gasteiger partial charge is 0.251 e. The van der Waals surface area contributed by atoms with Crippen molar-refractivity contribution in [1.82, 2.24) is 8.87 Å². The van der Waals surface area contributed by atoms with E-state index in [1.165, 1.54) is 15.6 Å². The number of fused-ring (bicyclic) bond motifs is 1. The van der Waals surface area contributed by atoms with Crippen LogP contribution in [0.25, 0.3) is 10.2 Å². The molecule has 0 aliphatic carbocycles. The summed E-state index contributed by atoms with van der Waals surface area (Å²) in [7, 11) is -1.90. The second kappa shape index (κ2) is 10.1. The maximum absolute atomic E-state index is 13.1. The van der Waals surface area contributed by atoms with E-state index in [0.29, 0.717) is 48.8 Å². The summed E-state index contributed by atoms with van der Waals surface area (Å²) < 4.78 is 35.9. The Labute approximate surface area is 204 Å². The molecule has 1 amide bonds. The number of rotatable bonds is 6. The van der Waals surface area contributed by atoms with Crippen LogP contribution < -0.4 is 4.80 Å². The summed E-state index contributed by atoms with van der Waals surface area (Å²) in [5.74, 6) is -0.465. The third kappa shape index (κ3) is 5.02. The number of hydrogen-bond acceptors (Lipinski definition) is 5. The Bertz CT molecular complexity index is 1360. The molecule has 0 saturated carbocycles. The number of sulfonamides is 1. The van der Waals surface area contributed by atoms with Gasteiger partial charge >= 0.3 is 0 Å². The highest BCUT2D eigenvalue weighted by Crippen LogP contribution is 2.26. The first kappa shape index (κ1) is 24.8. The molecule has 1 aromatic heterocycles. The number of hydrogen-bond donors (Lipinski definition) is 0. The van der Waals surface area contributed by atoms with Crippen molar-refractivity contribution in [2.45, 2.75) is 45.1 Å². The molecule has 0 atom stereocenters. The standard InChI is InChI=1S/C25H31N3O4S2/c1-17-5-7-21(8-6-17)34(30,31)27-11-9-20(10-12-27)24(29)26-25-28(13-14-32-4)22-16-18(2)15-19(3)23(22)33-25/h5-8,15-16,20H,9-14H2,1-4H3. The number of ether oxygens (including phenoxy) is 1. The molecular formula is C25H31N3O4S2. The largest absolute Gasteiger partial charge is 0.383 e. The molecule has 7 nitrogen and oxygen atoms in total. The second-order valence-corrected chi connectivity index (χ2v) is 11.8. The van der Waals surface area contributed by atoms with Gasteiger partial charge < -0.3 is 9.30 Å². The Morgan fingerprint density at radius 3 is 2.41 bits per heavy atom. The third-order valence-corrected chi connectivity index (χ3v) is 9.44. The normalized spacial score (nSPS) is 16.4. The van der Waals surface area contributed by atoms with Gasteiger partial charge in [0.2, 0.25) is 10.0 Å². The molecule has 0 bridgehead atoms. The van der Waals surface area contributed by atoms with Crippen molar-refractivity contribution in [3.8, 4) is 0 Å². The van der Waals surface area contributed by atoms with Crippen molar-refractivity contribution in [3.63, 3.8) is 0 Å². The lowest BCUT2D eigenvalue weighted by molar-refractivity contribution is -0.122. The quantitative estimate of drug-likeness (QED) is 0.515. The van der Waals surface area contributed by atoms with Gasteiger partial charge in [-0.1, -0.05) is 35.1 Å². The van der Waals surface area contributed by atoms with Crippen molar-refractivity contribution in [3.05, 3.63) is 57.9 Å². The van der Waals surface area contributed by atoms with Crippen LogP contribution in [0.5, 0.6) is 0 Å². The van der Waals surface area contributed by atoms with E-state index >= 15 is 0 Å². The van der Waals surface area contributed by atoms with Crippen molar-refractivity contribution in [2.75, 3.05) is 26.8 Å². The Morgan fingerprint density at radius 1 is 1.09 bits per heavy atom. The molecule has 0 radical (unpaired) electrons. The first-order valence-corrected chi connectivity index (χ1v) is 13.7. The summed E-state index contributed by atoms with van der Waals surface area (Å²) in [5, 5.41) is 0. The Kier molecular flexibility index (Phi) is 7.37. The fraction of sp³-hybridized carbons (Fsp3) is 0.440. The minimum atomic E-state index is -3.55. The zero-order valence-corrected chi connectivity index (χ0v) is 21.7. The van der Waals surface area contributed by atoms with Gasteiger partial charge in [0.1, 0.15) is 0 Å². The topological polar surface area (TPSA) is 81.0 Å². The van der Waals surface area contributed by atoms with E-state index in [0.717, 1.165) is 26.9 Å². The fourth-order valence-corrected chi connectivity index (χ4v) is 6.97. The molecule has 1 aliphatic heterocycles. The molecule has 182 valence electrons. The number of aryl methyl sites for hydroxylation is 3. The molecular weight excluding hydrogens is 470 g/mol. The molecule has 4 rings (SSSR count). The molecule has 0 N–H and O–H groups in total. The van der Waals surface area contributed by atoms with Crippen LogP contribution in [-0.4, -0.2) is 50.0 Å². The van der Waals surface area contributed by atoms with Crippen LogP contribution in [0.1, 0.15) is 29.5 Å². The zero-order chi connectivity index (χ0) is 24.5. The number of carbonyl (C=O) groups excluding carboxylic acids is 1. The minimum absolute atomic E-state index is 0.181. The van der Waals surface area contributed by atoms with Crippen LogP contribution in [0.4, 0.5) is 0 Å². The molecule has 2 aromatic carbocycles. The molecule has 0 spiro atoms. The van der Waals surface area contributed by atoms with Crippen LogP contribution in [0.2, 0.25) is 0 Å². The van der Waals surface area contributed by atoms with E-state index in [9.17, 15) is 13.2 Å². The average molecular weight is 502 g/mol. The zero-order valence-electron chi connectivity index (χ0n) is 20.1. The summed E-state index contributed by atoms with van der Waals surface area (Å²) in [6, 6.07) is 11.1. The minimum Gasteiger partial charge on any atom is -0.383 e. The molecule has 3 aromatic rings. The molecule has 1 saturated heterocycles. The monoisotopic (exact) mass is 501 g/mol. The van der Waals surface area contributed by atoms with Crippen molar-refractivity contribution in [1.29, 1.82) is 0 Å². The van der Waals surface area contributed by atoms with Gasteiger partial charge in [-0.05, 0) is 62.9 Å². The van der Waals surface area contributed by atoms with Gasteiger partial charge in [0.05, 0.1) is 21.7 Å². The molecule has 0 unspecified atom stereocenters. The lowest BCUT2D eigenvalue weighted by Gasteiger charge is -2.29. The van der Waals surface area contributed by atoms with E-state index < -0.39 is 10.0 Å². The van der Waals surface area contributed by atoms with Crippen molar-refractivity contribution >= 4 is 37.5 Å². The molecule has 2 heterocycles. The summed E-state index contributed by atoms with van der Waals surface area (Å²) in [6.45, 7) is 7.82. The van der Waals surface area contributed by atoms with E-state index in [2.05, 4.69) is 35.5 Å². The number of aromatic nitrogens is 1. The molecule has 34 heavy (non-hydrogen) atoms. The average Bonchev–Trinajstić information content (AvgIpc) is 3.15. The lowest BCUT2D eigenvalue weighted by atomic mass is 9.98. The molecule has 1 fully saturated rings. The number of thiazole rings is 1. The number of piperidine rings is 1. The summed E-state index contributed by atoms with van der Waals surface area (Å²) in [5.41, 5.74) is 4.40. The lowest BCUT2D eigenvalue weighted by Crippen LogP contribution is -2.40. The van der Waals surface area contributed by atoms with E-state index in [1.807, 2.05) is 6.92 Å². The van der Waals surface area contributed by atoms with Gasteiger partial charge in [-0.25, -0.2) is 8.42 Å². The van der Waals surface area contributed by atoms with Crippen LogP contribution in [-0.2, 0) is 26.1 Å². The Hall–Kier alpha value is -2.33. The van der Waals surface area contributed by atoms with Gasteiger partial charge in [0.15, 0.2) is 4.80 Å². The Morgan fingerprint density at radius 2 is 1.76 bits per heavy atom. The third-order valence-electron chi connectivity index (χ3n) is 6.30. The summed E-state index contributed by atoms with van der Waals surface area (Å²) in [6.07, 6.45) is 0.934. The molecule has 9 heteroatoms. The number of carbonyl (C=O) groups is 1. The van der Waals surface area contributed by atoms with Gasteiger partial charge in [-0.2, -0.15) is 9.30 Å². The number of nitrogens with zero attached hydrogens (tertiary/aromatic N) is 3. The van der Waals surface area contributed by atoms with E-state index in [1.54, 1.807) is 31.4 Å². The molecule has 1 aliphatic rings. The SMILES string of the molecule is COCCn1c(=NC(=O)C2CCN(S(=O)(=O)c3ccc(C)cc3)CC2)sc2c(C)cc(C)cc21. The van der Waals surface area contributed by atoms with Crippen molar-refractivity contribution < 1.29 is 17.9 Å². The second-order valence-electron chi connectivity index (χ2n) is 8.90. The Balaban J connectivity index is 1.55. The number of methoxy groups -OCH3 is 1. The van der Waals surface area contributed by atoms with Crippen LogP contribution >= 0.6 is 11.3 Å². The maximum atomic E-state index is 13.1. The highest BCUT2D eigenvalue weighted by Gasteiger charge is 2.32. The highest BCUT2D eigenvalue weighted by molar-refractivity contribution is 7.89. The van der Waals surface area contributed by atoms with Gasteiger partial charge in [-0.3, -0.25) is 4.79 Å². The van der Waals surface area contributed by atoms with E-state index in [4.69, 9.17) is 4.74 Å². The number of benzene rings is 2. The van der Waals surface area contributed by atoms with Crippen LogP contribution in [0.3, 0.4) is 0 Å². The predicted molar refractivity (Wildman–Crippen MR) is 134 cm³/mol. The first-order valence-electron chi connectivity index (χ1n) is 11.5. The van der Waals surface area contributed by atoms with Crippen LogP contribution in [0, 0.1) is 26.7 Å². The fourth-order valence-electron chi connectivity index (χ4n) is 4.38. The number of amides is 1. The predicted octanol–water partition coefficient (Wildman–Crippen LogP) is 3.80. The first-order chi connectivity index (χ1) is 16.2. The summed E-state index contributed by atoms with van der Waals surface area (Å²) in [4.78, 5) is 18.6. The van der Waals surface area contributed by atoms with Gasteiger partial charge in [0, 0.05) is 32.7 Å².